The highest BCUT2D eigenvalue weighted by atomic mass is 19.1. The lowest BCUT2D eigenvalue weighted by atomic mass is 9.67. The summed E-state index contributed by atoms with van der Waals surface area (Å²) in [7, 11) is 4.07. The summed E-state index contributed by atoms with van der Waals surface area (Å²) in [6.07, 6.45) is 2.46. The SMILES string of the molecule is CN(C)CC1CCc2ccccc2C12Cc1cc(F)ccc1C(=O)O2. The lowest BCUT2D eigenvalue weighted by Gasteiger charge is -2.47. The molecule has 0 aromatic heterocycles. The molecule has 0 fully saturated rings. The maximum absolute atomic E-state index is 13.8. The van der Waals surface area contributed by atoms with Crippen molar-refractivity contribution >= 4 is 5.97 Å². The summed E-state index contributed by atoms with van der Waals surface area (Å²) in [5, 5.41) is 0. The van der Waals surface area contributed by atoms with Crippen molar-refractivity contribution in [2.45, 2.75) is 24.9 Å². The summed E-state index contributed by atoms with van der Waals surface area (Å²) in [6.45, 7) is 0.826. The molecule has 2 aliphatic rings. The number of carbonyl (C=O) groups excluding carboxylic acids is 1. The van der Waals surface area contributed by atoms with E-state index in [1.165, 1.54) is 23.8 Å². The summed E-state index contributed by atoms with van der Waals surface area (Å²) in [6, 6.07) is 12.5. The largest absolute Gasteiger partial charge is 0.450 e. The van der Waals surface area contributed by atoms with Gasteiger partial charge in [-0.3, -0.25) is 0 Å². The Morgan fingerprint density at radius 2 is 2.00 bits per heavy atom. The number of ether oxygens (including phenoxy) is 1. The van der Waals surface area contributed by atoms with E-state index in [1.54, 1.807) is 0 Å². The van der Waals surface area contributed by atoms with E-state index in [4.69, 9.17) is 4.74 Å². The number of carbonyl (C=O) groups is 1. The Kier molecular flexibility index (Phi) is 3.88. The molecule has 2 atom stereocenters. The highest BCUT2D eigenvalue weighted by molar-refractivity contribution is 5.92. The maximum atomic E-state index is 13.8. The van der Waals surface area contributed by atoms with Gasteiger partial charge in [0.25, 0.3) is 0 Å². The molecule has 0 radical (unpaired) electrons. The Balaban J connectivity index is 1.88. The molecule has 1 heterocycles. The number of esters is 1. The molecular weight excluding hydrogens is 317 g/mol. The maximum Gasteiger partial charge on any atom is 0.339 e. The van der Waals surface area contributed by atoms with E-state index in [1.807, 2.05) is 26.2 Å². The van der Waals surface area contributed by atoms with Gasteiger partial charge in [0, 0.05) is 18.9 Å². The van der Waals surface area contributed by atoms with Crippen molar-refractivity contribution in [2.75, 3.05) is 20.6 Å². The number of hydrogen-bond acceptors (Lipinski definition) is 3. The van der Waals surface area contributed by atoms with Crippen LogP contribution in [-0.2, 0) is 23.2 Å². The summed E-state index contributed by atoms with van der Waals surface area (Å²) in [4.78, 5) is 14.9. The van der Waals surface area contributed by atoms with E-state index < -0.39 is 5.60 Å². The van der Waals surface area contributed by atoms with E-state index in [-0.39, 0.29) is 17.7 Å². The summed E-state index contributed by atoms with van der Waals surface area (Å²) in [5.41, 5.74) is 2.83. The van der Waals surface area contributed by atoms with Crippen molar-refractivity contribution in [3.05, 3.63) is 70.5 Å². The number of halogens is 1. The van der Waals surface area contributed by atoms with Crippen LogP contribution in [0.5, 0.6) is 0 Å². The molecule has 3 nitrogen and oxygen atoms in total. The molecule has 0 amide bonds. The van der Waals surface area contributed by atoms with Crippen LogP contribution < -0.4 is 0 Å². The van der Waals surface area contributed by atoms with Gasteiger partial charge in [-0.25, -0.2) is 9.18 Å². The van der Waals surface area contributed by atoms with Gasteiger partial charge in [-0.1, -0.05) is 24.3 Å². The van der Waals surface area contributed by atoms with Gasteiger partial charge in [0.15, 0.2) is 0 Å². The average molecular weight is 339 g/mol. The van der Waals surface area contributed by atoms with Crippen molar-refractivity contribution in [3.63, 3.8) is 0 Å². The minimum atomic E-state index is -0.711. The normalized spacial score (nSPS) is 24.8. The molecule has 130 valence electrons. The molecule has 0 N–H and O–H groups in total. The predicted octanol–water partition coefficient (Wildman–Crippen LogP) is 3.56. The zero-order valence-electron chi connectivity index (χ0n) is 14.6. The summed E-state index contributed by atoms with van der Waals surface area (Å²) < 4.78 is 20.0. The summed E-state index contributed by atoms with van der Waals surface area (Å²) >= 11 is 0. The fourth-order valence-electron chi connectivity index (χ4n) is 4.44. The lowest BCUT2D eigenvalue weighted by molar-refractivity contribution is -0.0750. The highest BCUT2D eigenvalue weighted by Gasteiger charge is 2.50. The first-order chi connectivity index (χ1) is 12.0. The van der Waals surface area contributed by atoms with Crippen LogP contribution in [0.1, 0.15) is 33.5 Å². The van der Waals surface area contributed by atoms with E-state index in [9.17, 15) is 9.18 Å². The van der Waals surface area contributed by atoms with Crippen molar-refractivity contribution in [1.29, 1.82) is 0 Å². The quantitative estimate of drug-likeness (QED) is 0.784. The molecule has 1 aliphatic carbocycles. The molecule has 0 bridgehead atoms. The first-order valence-electron chi connectivity index (χ1n) is 8.74. The van der Waals surface area contributed by atoms with Gasteiger partial charge in [0.1, 0.15) is 11.4 Å². The molecule has 1 aliphatic heterocycles. The van der Waals surface area contributed by atoms with Crippen molar-refractivity contribution in [2.24, 2.45) is 5.92 Å². The van der Waals surface area contributed by atoms with Gasteiger partial charge in [-0.2, -0.15) is 0 Å². The molecule has 4 rings (SSSR count). The zero-order chi connectivity index (χ0) is 17.6. The van der Waals surface area contributed by atoms with Gasteiger partial charge < -0.3 is 9.64 Å². The fraction of sp³-hybridized carbons (Fsp3) is 0.381. The molecule has 25 heavy (non-hydrogen) atoms. The molecule has 2 unspecified atom stereocenters. The van der Waals surface area contributed by atoms with Crippen LogP contribution in [0.4, 0.5) is 4.39 Å². The number of aryl methyl sites for hydroxylation is 1. The predicted molar refractivity (Wildman–Crippen MR) is 94.0 cm³/mol. The Hall–Kier alpha value is -2.20. The molecule has 2 aromatic carbocycles. The Labute approximate surface area is 147 Å². The minimum Gasteiger partial charge on any atom is -0.450 e. The van der Waals surface area contributed by atoms with Crippen LogP contribution in [-0.4, -0.2) is 31.5 Å². The van der Waals surface area contributed by atoms with Crippen LogP contribution >= 0.6 is 0 Å². The van der Waals surface area contributed by atoms with Gasteiger partial charge in [0.2, 0.25) is 0 Å². The fourth-order valence-corrected chi connectivity index (χ4v) is 4.44. The third-order valence-corrected chi connectivity index (χ3v) is 5.50. The van der Waals surface area contributed by atoms with Gasteiger partial charge in [-0.15, -0.1) is 0 Å². The second kappa shape index (κ2) is 5.95. The average Bonchev–Trinajstić information content (AvgIpc) is 2.57. The first kappa shape index (κ1) is 16.3. The van der Waals surface area contributed by atoms with E-state index in [2.05, 4.69) is 17.0 Å². The zero-order valence-corrected chi connectivity index (χ0v) is 14.6. The number of fused-ring (bicyclic) bond motifs is 3. The second-order valence-corrected chi connectivity index (χ2v) is 7.41. The summed E-state index contributed by atoms with van der Waals surface area (Å²) in [5.74, 6) is -0.476. The topological polar surface area (TPSA) is 29.5 Å². The molecule has 4 heteroatoms. The second-order valence-electron chi connectivity index (χ2n) is 7.41. The molecule has 1 spiro atoms. The monoisotopic (exact) mass is 339 g/mol. The van der Waals surface area contributed by atoms with Gasteiger partial charge in [-0.05, 0) is 61.8 Å². The standard InChI is InChI=1S/C21H22FNO2/c1-23(2)13-16-8-7-14-5-3-4-6-19(14)21(16)12-15-11-17(22)9-10-18(15)20(24)25-21/h3-6,9-11,16H,7-8,12-13H2,1-2H3. The van der Waals surface area contributed by atoms with E-state index in [0.717, 1.165) is 30.5 Å². The van der Waals surface area contributed by atoms with Crippen molar-refractivity contribution in [3.8, 4) is 0 Å². The van der Waals surface area contributed by atoms with Gasteiger partial charge in [0.05, 0.1) is 5.56 Å². The van der Waals surface area contributed by atoms with Crippen LogP contribution in [0, 0.1) is 11.7 Å². The minimum absolute atomic E-state index is 0.178. The number of nitrogens with zero attached hydrogens (tertiary/aromatic N) is 1. The van der Waals surface area contributed by atoms with Gasteiger partial charge >= 0.3 is 5.97 Å². The third kappa shape index (κ3) is 2.65. The van der Waals surface area contributed by atoms with Crippen LogP contribution in [0.2, 0.25) is 0 Å². The smallest absolute Gasteiger partial charge is 0.339 e. The number of hydrogen-bond donors (Lipinski definition) is 0. The third-order valence-electron chi connectivity index (χ3n) is 5.50. The van der Waals surface area contributed by atoms with Crippen LogP contribution in [0.3, 0.4) is 0 Å². The van der Waals surface area contributed by atoms with Crippen LogP contribution in [0.15, 0.2) is 42.5 Å². The molecular formula is C21H22FNO2. The highest BCUT2D eigenvalue weighted by Crippen LogP contribution is 2.48. The lowest BCUT2D eigenvalue weighted by Crippen LogP contribution is -2.51. The Morgan fingerprint density at radius 3 is 2.80 bits per heavy atom. The molecule has 0 saturated carbocycles. The number of rotatable bonds is 2. The first-order valence-corrected chi connectivity index (χ1v) is 8.74. The molecule has 2 aromatic rings. The van der Waals surface area contributed by atoms with E-state index in [0.29, 0.717) is 12.0 Å². The van der Waals surface area contributed by atoms with E-state index >= 15 is 0 Å². The number of benzene rings is 2. The Morgan fingerprint density at radius 1 is 1.20 bits per heavy atom. The van der Waals surface area contributed by atoms with Crippen molar-refractivity contribution in [1.82, 2.24) is 4.90 Å². The molecule has 0 saturated heterocycles. The van der Waals surface area contributed by atoms with Crippen molar-refractivity contribution < 1.29 is 13.9 Å². The van der Waals surface area contributed by atoms with Crippen LogP contribution in [0.25, 0.3) is 0 Å². The Bertz CT molecular complexity index is 832.